The van der Waals surface area contributed by atoms with Crippen molar-refractivity contribution in [3.8, 4) is 0 Å². The molecule has 0 aliphatic rings. The first-order valence-corrected chi connectivity index (χ1v) is 3.80. The number of nitrogens with two attached hydrogens (primary N) is 1. The summed E-state index contributed by atoms with van der Waals surface area (Å²) in [5.74, 6) is -2.55. The van der Waals surface area contributed by atoms with Crippen molar-refractivity contribution in [1.82, 2.24) is 0 Å². The second kappa shape index (κ2) is 3.93. The maximum atomic E-state index is 10.4. The Bertz CT molecular complexity index is 356. The fourth-order valence-electron chi connectivity index (χ4n) is 0.936. The van der Waals surface area contributed by atoms with E-state index >= 15 is 0 Å². The topological polar surface area (TPSA) is 114 Å². The molecule has 1 atom stereocenters. The average Bonchev–Trinajstić information content (AvgIpc) is 2.52. The van der Waals surface area contributed by atoms with E-state index in [1.807, 2.05) is 0 Å². The number of carboxylic acid groups (broad SMARTS) is 2. The zero-order chi connectivity index (χ0) is 10.7. The van der Waals surface area contributed by atoms with Crippen LogP contribution in [0.2, 0.25) is 0 Å². The van der Waals surface area contributed by atoms with E-state index < -0.39 is 18.0 Å². The predicted molar refractivity (Wildman–Crippen MR) is 45.0 cm³/mol. The molecule has 1 aromatic rings. The monoisotopic (exact) mass is 199 g/mol. The standard InChI is InChI=1S/C8H9NO5/c9-5(7(10)11)1-4-2-6(8(12)13)14-3-4/h2-3,5H,1,9H2,(H,10,11)(H,12,13). The van der Waals surface area contributed by atoms with Crippen molar-refractivity contribution >= 4 is 11.9 Å². The lowest BCUT2D eigenvalue weighted by Gasteiger charge is -2.01. The molecule has 6 heteroatoms. The maximum Gasteiger partial charge on any atom is 0.371 e. The first kappa shape index (κ1) is 10.3. The molecule has 0 amide bonds. The minimum absolute atomic E-state index is 0.0477. The summed E-state index contributed by atoms with van der Waals surface area (Å²) >= 11 is 0. The van der Waals surface area contributed by atoms with E-state index in [1.54, 1.807) is 0 Å². The van der Waals surface area contributed by atoms with E-state index in [-0.39, 0.29) is 12.2 Å². The fourth-order valence-corrected chi connectivity index (χ4v) is 0.936. The Morgan fingerprint density at radius 3 is 2.57 bits per heavy atom. The summed E-state index contributed by atoms with van der Waals surface area (Å²) in [6.45, 7) is 0. The van der Waals surface area contributed by atoms with Gasteiger partial charge in [-0.2, -0.15) is 0 Å². The lowest BCUT2D eigenvalue weighted by atomic mass is 10.1. The van der Waals surface area contributed by atoms with Gasteiger partial charge in [0.1, 0.15) is 6.04 Å². The largest absolute Gasteiger partial charge is 0.480 e. The summed E-state index contributed by atoms with van der Waals surface area (Å²) in [6, 6.07) is 0.208. The summed E-state index contributed by atoms with van der Waals surface area (Å²) in [5, 5.41) is 17.0. The second-order valence-corrected chi connectivity index (χ2v) is 2.77. The molecule has 76 valence electrons. The maximum absolute atomic E-state index is 10.4. The number of hydrogen-bond donors (Lipinski definition) is 3. The molecule has 1 aromatic heterocycles. The summed E-state index contributed by atoms with van der Waals surface area (Å²) in [5.41, 5.74) is 5.70. The van der Waals surface area contributed by atoms with Crippen LogP contribution < -0.4 is 5.73 Å². The van der Waals surface area contributed by atoms with Crippen molar-refractivity contribution < 1.29 is 24.2 Å². The zero-order valence-electron chi connectivity index (χ0n) is 7.14. The molecular weight excluding hydrogens is 190 g/mol. The predicted octanol–water partition coefficient (Wildman–Crippen LogP) is -0.0678. The van der Waals surface area contributed by atoms with Crippen LogP contribution in [0.25, 0.3) is 0 Å². The highest BCUT2D eigenvalue weighted by molar-refractivity contribution is 5.84. The van der Waals surface area contributed by atoms with Crippen LogP contribution in [0.15, 0.2) is 16.7 Å². The minimum atomic E-state index is -1.19. The van der Waals surface area contributed by atoms with Crippen LogP contribution in [-0.2, 0) is 11.2 Å². The van der Waals surface area contributed by atoms with E-state index in [4.69, 9.17) is 15.9 Å². The van der Waals surface area contributed by atoms with Gasteiger partial charge in [-0.15, -0.1) is 0 Å². The quantitative estimate of drug-likeness (QED) is 0.625. The Kier molecular flexibility index (Phi) is 2.88. The van der Waals surface area contributed by atoms with Crippen molar-refractivity contribution in [3.63, 3.8) is 0 Å². The molecule has 0 bridgehead atoms. The molecule has 4 N–H and O–H groups in total. The molecule has 0 aliphatic carbocycles. The molecule has 14 heavy (non-hydrogen) atoms. The van der Waals surface area contributed by atoms with Crippen LogP contribution in [-0.4, -0.2) is 28.2 Å². The Morgan fingerprint density at radius 1 is 1.50 bits per heavy atom. The van der Waals surface area contributed by atoms with Gasteiger partial charge >= 0.3 is 11.9 Å². The van der Waals surface area contributed by atoms with Crippen LogP contribution >= 0.6 is 0 Å². The number of carboxylic acids is 2. The lowest BCUT2D eigenvalue weighted by molar-refractivity contribution is -0.138. The third kappa shape index (κ3) is 2.33. The third-order valence-electron chi connectivity index (χ3n) is 1.64. The minimum Gasteiger partial charge on any atom is -0.480 e. The van der Waals surface area contributed by atoms with Gasteiger partial charge in [0.2, 0.25) is 5.76 Å². The normalized spacial score (nSPS) is 12.4. The lowest BCUT2D eigenvalue weighted by Crippen LogP contribution is -2.32. The highest BCUT2D eigenvalue weighted by Crippen LogP contribution is 2.09. The average molecular weight is 199 g/mol. The van der Waals surface area contributed by atoms with Gasteiger partial charge in [0, 0.05) is 6.42 Å². The number of hydrogen-bond acceptors (Lipinski definition) is 4. The Labute approximate surface area is 78.9 Å². The van der Waals surface area contributed by atoms with E-state index in [1.165, 1.54) is 12.3 Å². The van der Waals surface area contributed by atoms with Gasteiger partial charge in [0.05, 0.1) is 6.26 Å². The van der Waals surface area contributed by atoms with Crippen molar-refractivity contribution in [2.45, 2.75) is 12.5 Å². The van der Waals surface area contributed by atoms with E-state index in [9.17, 15) is 9.59 Å². The molecule has 0 saturated carbocycles. The van der Waals surface area contributed by atoms with Crippen LogP contribution in [0, 0.1) is 0 Å². The Morgan fingerprint density at radius 2 is 2.14 bits per heavy atom. The van der Waals surface area contributed by atoms with Crippen LogP contribution in [0.1, 0.15) is 16.1 Å². The van der Waals surface area contributed by atoms with E-state index in [0.717, 1.165) is 0 Å². The number of furan rings is 1. The van der Waals surface area contributed by atoms with Crippen molar-refractivity contribution in [1.29, 1.82) is 0 Å². The fraction of sp³-hybridized carbons (Fsp3) is 0.250. The molecular formula is C8H9NO5. The summed E-state index contributed by atoms with van der Waals surface area (Å²) in [6.07, 6.45) is 1.23. The molecule has 0 aliphatic heterocycles. The number of aliphatic carboxylic acids is 1. The van der Waals surface area contributed by atoms with Gasteiger partial charge in [-0.25, -0.2) is 4.79 Å². The smallest absolute Gasteiger partial charge is 0.371 e. The first-order chi connectivity index (χ1) is 6.50. The summed E-state index contributed by atoms with van der Waals surface area (Å²) < 4.78 is 4.66. The molecule has 6 nitrogen and oxygen atoms in total. The molecule has 0 saturated heterocycles. The molecule has 1 unspecified atom stereocenters. The second-order valence-electron chi connectivity index (χ2n) is 2.77. The van der Waals surface area contributed by atoms with Gasteiger partial charge in [0.15, 0.2) is 0 Å². The van der Waals surface area contributed by atoms with E-state index in [0.29, 0.717) is 5.56 Å². The Hall–Kier alpha value is -1.82. The molecule has 0 aromatic carbocycles. The molecule has 1 heterocycles. The van der Waals surface area contributed by atoms with Gasteiger partial charge in [-0.1, -0.05) is 0 Å². The first-order valence-electron chi connectivity index (χ1n) is 3.80. The number of carbonyl (C=O) groups is 2. The van der Waals surface area contributed by atoms with Gasteiger partial charge in [-0.3, -0.25) is 4.79 Å². The number of aromatic carboxylic acids is 1. The molecule has 1 rings (SSSR count). The highest BCUT2D eigenvalue weighted by atomic mass is 16.4. The van der Waals surface area contributed by atoms with Crippen molar-refractivity contribution in [2.75, 3.05) is 0 Å². The zero-order valence-corrected chi connectivity index (χ0v) is 7.14. The molecule has 0 fully saturated rings. The molecule has 0 radical (unpaired) electrons. The van der Waals surface area contributed by atoms with Gasteiger partial charge < -0.3 is 20.4 Å². The van der Waals surface area contributed by atoms with Gasteiger partial charge in [-0.05, 0) is 11.6 Å². The number of rotatable bonds is 4. The summed E-state index contributed by atoms with van der Waals surface area (Å²) in [4.78, 5) is 20.8. The highest BCUT2D eigenvalue weighted by Gasteiger charge is 2.15. The van der Waals surface area contributed by atoms with Crippen molar-refractivity contribution in [2.24, 2.45) is 5.73 Å². The van der Waals surface area contributed by atoms with E-state index in [2.05, 4.69) is 4.42 Å². The summed E-state index contributed by atoms with van der Waals surface area (Å²) in [7, 11) is 0. The third-order valence-corrected chi connectivity index (χ3v) is 1.64. The van der Waals surface area contributed by atoms with Crippen LogP contribution in [0.5, 0.6) is 0 Å². The molecule has 0 spiro atoms. The van der Waals surface area contributed by atoms with Crippen LogP contribution in [0.4, 0.5) is 0 Å². The SMILES string of the molecule is NC(Cc1coc(C(=O)O)c1)C(=O)O. The van der Waals surface area contributed by atoms with Crippen molar-refractivity contribution in [3.05, 3.63) is 23.7 Å². The van der Waals surface area contributed by atoms with Gasteiger partial charge in [0.25, 0.3) is 0 Å². The van der Waals surface area contributed by atoms with Crippen LogP contribution in [0.3, 0.4) is 0 Å². The Balaban J connectivity index is 2.69.